The third-order valence-electron chi connectivity index (χ3n) is 4.08. The van der Waals surface area contributed by atoms with Crippen molar-refractivity contribution in [2.75, 3.05) is 32.8 Å². The number of hydrogen-bond donors (Lipinski definition) is 0. The van der Waals surface area contributed by atoms with E-state index in [1.807, 2.05) is 0 Å². The van der Waals surface area contributed by atoms with Gasteiger partial charge < -0.3 is 4.74 Å². The van der Waals surface area contributed by atoms with Gasteiger partial charge in [0.2, 0.25) is 0 Å². The van der Waals surface area contributed by atoms with Gasteiger partial charge in [-0.3, -0.25) is 4.90 Å². The van der Waals surface area contributed by atoms with Crippen LogP contribution < -0.4 is 0 Å². The summed E-state index contributed by atoms with van der Waals surface area (Å²) in [4.78, 5) is 2.53. The van der Waals surface area contributed by atoms with E-state index in [1.54, 1.807) is 0 Å². The fourth-order valence-electron chi connectivity index (χ4n) is 2.83. The van der Waals surface area contributed by atoms with Gasteiger partial charge in [0.25, 0.3) is 0 Å². The highest BCUT2D eigenvalue weighted by molar-refractivity contribution is 5.27. The van der Waals surface area contributed by atoms with Gasteiger partial charge in [-0.15, -0.1) is 0 Å². The topological polar surface area (TPSA) is 12.5 Å². The molecule has 1 fully saturated rings. The van der Waals surface area contributed by atoms with Crippen LogP contribution in [-0.2, 0) is 16.6 Å². The molecule has 2 heteroatoms. The molecule has 1 unspecified atom stereocenters. The Hall–Kier alpha value is -0.860. The van der Waals surface area contributed by atoms with Crippen LogP contribution in [0.15, 0.2) is 24.3 Å². The highest BCUT2D eigenvalue weighted by atomic mass is 16.5. The number of morpholine rings is 1. The lowest BCUT2D eigenvalue weighted by Crippen LogP contribution is -2.39. The van der Waals surface area contributed by atoms with Gasteiger partial charge in [0.15, 0.2) is 0 Å². The van der Waals surface area contributed by atoms with Crippen LogP contribution in [0.3, 0.4) is 0 Å². The van der Waals surface area contributed by atoms with E-state index in [9.17, 15) is 0 Å². The molecule has 1 atom stereocenters. The van der Waals surface area contributed by atoms with Gasteiger partial charge in [-0.05, 0) is 28.9 Å². The smallest absolute Gasteiger partial charge is 0.0594 e. The molecule has 0 bridgehead atoms. The number of ether oxygens (including phenoxy) is 1. The molecular weight excluding hydrogens is 246 g/mol. The van der Waals surface area contributed by atoms with Gasteiger partial charge in [-0.2, -0.15) is 0 Å². The number of nitrogens with zero attached hydrogens (tertiary/aromatic N) is 1. The highest BCUT2D eigenvalue weighted by Crippen LogP contribution is 2.23. The number of hydrogen-bond acceptors (Lipinski definition) is 2. The summed E-state index contributed by atoms with van der Waals surface area (Å²) in [6.45, 7) is 14.3. The summed E-state index contributed by atoms with van der Waals surface area (Å²) >= 11 is 0. The van der Waals surface area contributed by atoms with Crippen LogP contribution >= 0.6 is 0 Å². The van der Waals surface area contributed by atoms with Crippen LogP contribution in [-0.4, -0.2) is 37.7 Å². The zero-order chi connectivity index (χ0) is 14.6. The van der Waals surface area contributed by atoms with Gasteiger partial charge in [0, 0.05) is 19.6 Å². The molecule has 1 aromatic carbocycles. The van der Waals surface area contributed by atoms with Crippen molar-refractivity contribution < 1.29 is 4.74 Å². The second-order valence-electron chi connectivity index (χ2n) is 7.17. The first-order valence-corrected chi connectivity index (χ1v) is 7.84. The average Bonchev–Trinajstić information content (AvgIpc) is 2.39. The van der Waals surface area contributed by atoms with E-state index in [0.29, 0.717) is 5.92 Å². The predicted octanol–water partition coefficient (Wildman–Crippen LogP) is 3.49. The molecule has 0 aromatic heterocycles. The number of rotatable bonds is 4. The first kappa shape index (κ1) is 15.5. The van der Waals surface area contributed by atoms with Crippen LogP contribution in [0.25, 0.3) is 0 Å². The molecule has 0 amide bonds. The van der Waals surface area contributed by atoms with Crippen molar-refractivity contribution >= 4 is 0 Å². The standard InChI is InChI=1S/C18H29NO/c1-15(14-19-9-11-20-12-10-19)13-16-5-7-17(8-6-16)18(2,3)4/h5-8,15H,9-14H2,1-4H3. The third kappa shape index (κ3) is 4.60. The molecule has 0 aliphatic carbocycles. The molecule has 0 saturated carbocycles. The van der Waals surface area contributed by atoms with Gasteiger partial charge in [-0.1, -0.05) is 52.0 Å². The molecule has 0 N–H and O–H groups in total. The Morgan fingerprint density at radius 1 is 1.10 bits per heavy atom. The predicted molar refractivity (Wildman–Crippen MR) is 85.3 cm³/mol. The van der Waals surface area contributed by atoms with E-state index in [4.69, 9.17) is 4.74 Å². The minimum atomic E-state index is 0.248. The first-order chi connectivity index (χ1) is 9.45. The summed E-state index contributed by atoms with van der Waals surface area (Å²) in [5.41, 5.74) is 3.12. The van der Waals surface area contributed by atoms with Crippen molar-refractivity contribution in [3.63, 3.8) is 0 Å². The van der Waals surface area contributed by atoms with Crippen LogP contribution in [0.5, 0.6) is 0 Å². The zero-order valence-corrected chi connectivity index (χ0v) is 13.5. The fraction of sp³-hybridized carbons (Fsp3) is 0.667. The van der Waals surface area contributed by atoms with Crippen LogP contribution in [0, 0.1) is 5.92 Å². The normalized spacial score (nSPS) is 19.0. The maximum absolute atomic E-state index is 5.40. The molecule has 2 nitrogen and oxygen atoms in total. The quantitative estimate of drug-likeness (QED) is 0.834. The maximum Gasteiger partial charge on any atom is 0.0594 e. The molecule has 20 heavy (non-hydrogen) atoms. The van der Waals surface area contributed by atoms with Crippen molar-refractivity contribution in [1.82, 2.24) is 4.90 Å². The largest absolute Gasteiger partial charge is 0.379 e. The minimum Gasteiger partial charge on any atom is -0.379 e. The molecular formula is C18H29NO. The van der Waals surface area contributed by atoms with E-state index in [1.165, 1.54) is 24.1 Å². The fourth-order valence-corrected chi connectivity index (χ4v) is 2.83. The summed E-state index contributed by atoms with van der Waals surface area (Å²) in [5, 5.41) is 0. The molecule has 1 aliphatic rings. The molecule has 1 aromatic rings. The Morgan fingerprint density at radius 3 is 2.25 bits per heavy atom. The van der Waals surface area contributed by atoms with Crippen molar-refractivity contribution in [2.24, 2.45) is 5.92 Å². The Bertz CT molecular complexity index is 398. The molecule has 112 valence electrons. The van der Waals surface area contributed by atoms with E-state index in [-0.39, 0.29) is 5.41 Å². The zero-order valence-electron chi connectivity index (χ0n) is 13.5. The summed E-state index contributed by atoms with van der Waals surface area (Å²) in [5.74, 6) is 0.702. The second-order valence-corrected chi connectivity index (χ2v) is 7.17. The lowest BCUT2D eigenvalue weighted by Gasteiger charge is -2.29. The van der Waals surface area contributed by atoms with Crippen molar-refractivity contribution in [1.29, 1.82) is 0 Å². The van der Waals surface area contributed by atoms with E-state index in [0.717, 1.165) is 26.3 Å². The highest BCUT2D eigenvalue weighted by Gasteiger charge is 2.15. The van der Waals surface area contributed by atoms with Crippen LogP contribution in [0.1, 0.15) is 38.8 Å². The summed E-state index contributed by atoms with van der Waals surface area (Å²) < 4.78 is 5.40. The minimum absolute atomic E-state index is 0.248. The molecule has 1 aliphatic heterocycles. The Labute approximate surface area is 124 Å². The Morgan fingerprint density at radius 2 is 1.70 bits per heavy atom. The monoisotopic (exact) mass is 275 g/mol. The maximum atomic E-state index is 5.40. The summed E-state index contributed by atoms with van der Waals surface area (Å²) in [6, 6.07) is 9.18. The van der Waals surface area contributed by atoms with E-state index < -0.39 is 0 Å². The van der Waals surface area contributed by atoms with E-state index >= 15 is 0 Å². The molecule has 0 spiro atoms. The molecule has 1 heterocycles. The van der Waals surface area contributed by atoms with Crippen molar-refractivity contribution in [2.45, 2.75) is 39.5 Å². The van der Waals surface area contributed by atoms with Crippen LogP contribution in [0.2, 0.25) is 0 Å². The van der Waals surface area contributed by atoms with Gasteiger partial charge >= 0.3 is 0 Å². The first-order valence-electron chi connectivity index (χ1n) is 7.84. The SMILES string of the molecule is CC(Cc1ccc(C(C)(C)C)cc1)CN1CCOCC1. The van der Waals surface area contributed by atoms with Crippen LogP contribution in [0.4, 0.5) is 0 Å². The Balaban J connectivity index is 1.86. The van der Waals surface area contributed by atoms with Crippen molar-refractivity contribution in [3.05, 3.63) is 35.4 Å². The third-order valence-corrected chi connectivity index (χ3v) is 4.08. The van der Waals surface area contributed by atoms with Gasteiger partial charge in [-0.25, -0.2) is 0 Å². The van der Waals surface area contributed by atoms with Crippen molar-refractivity contribution in [3.8, 4) is 0 Å². The summed E-state index contributed by atoms with van der Waals surface area (Å²) in [6.07, 6.45) is 1.17. The molecule has 1 saturated heterocycles. The Kier molecular flexibility index (Phi) is 5.22. The lowest BCUT2D eigenvalue weighted by molar-refractivity contribution is 0.0318. The second kappa shape index (κ2) is 6.73. The molecule has 2 rings (SSSR count). The molecule has 0 radical (unpaired) electrons. The van der Waals surface area contributed by atoms with E-state index in [2.05, 4.69) is 56.9 Å². The van der Waals surface area contributed by atoms with Gasteiger partial charge in [0.1, 0.15) is 0 Å². The average molecular weight is 275 g/mol. The van der Waals surface area contributed by atoms with Gasteiger partial charge in [0.05, 0.1) is 13.2 Å². The lowest BCUT2D eigenvalue weighted by atomic mass is 9.86. The number of benzene rings is 1. The summed E-state index contributed by atoms with van der Waals surface area (Å²) in [7, 11) is 0.